The lowest BCUT2D eigenvalue weighted by Gasteiger charge is -2.16. The zero-order valence-corrected chi connectivity index (χ0v) is 17.6. The molecule has 0 aromatic heterocycles. The van der Waals surface area contributed by atoms with Gasteiger partial charge in [0, 0.05) is 12.6 Å². The number of halogens is 1. The van der Waals surface area contributed by atoms with Crippen molar-refractivity contribution in [2.75, 3.05) is 11.3 Å². The van der Waals surface area contributed by atoms with Gasteiger partial charge >= 0.3 is 0 Å². The fraction of sp³-hybridized carbons (Fsp3) is 0.350. The number of hydrogen-bond donors (Lipinski definition) is 3. The van der Waals surface area contributed by atoms with Crippen LogP contribution in [0.4, 0.5) is 5.69 Å². The molecule has 1 fully saturated rings. The van der Waals surface area contributed by atoms with E-state index in [-0.39, 0.29) is 40.5 Å². The molecule has 0 bridgehead atoms. The molecule has 152 valence electrons. The van der Waals surface area contributed by atoms with E-state index in [0.717, 1.165) is 18.4 Å². The zero-order chi connectivity index (χ0) is 19.6. The molecule has 1 aliphatic rings. The molecule has 0 heterocycles. The molecular weight excluding hydrogens is 398 g/mol. The number of para-hydroxylation sites is 1. The van der Waals surface area contributed by atoms with Crippen LogP contribution < -0.4 is 15.8 Å². The number of benzene rings is 2. The number of anilines is 1. The molecule has 1 saturated carbocycles. The summed E-state index contributed by atoms with van der Waals surface area (Å²) in [5.41, 5.74) is 8.04. The van der Waals surface area contributed by atoms with E-state index in [1.165, 1.54) is 0 Å². The largest absolute Gasteiger partial charge is 0.350 e. The molecule has 0 aliphatic heterocycles. The quantitative estimate of drug-likeness (QED) is 0.637. The third-order valence-corrected chi connectivity index (χ3v) is 6.28. The normalized spacial score (nSPS) is 14.7. The van der Waals surface area contributed by atoms with Crippen LogP contribution in [0.25, 0.3) is 0 Å². The fourth-order valence-electron chi connectivity index (χ4n) is 2.96. The van der Waals surface area contributed by atoms with Gasteiger partial charge in [0.25, 0.3) is 15.9 Å². The van der Waals surface area contributed by atoms with Crippen molar-refractivity contribution in [2.24, 2.45) is 11.7 Å². The van der Waals surface area contributed by atoms with Crippen molar-refractivity contribution in [3.8, 4) is 0 Å². The molecule has 0 radical (unpaired) electrons. The molecule has 6 nitrogen and oxygen atoms in total. The Morgan fingerprint density at radius 3 is 2.54 bits per heavy atom. The van der Waals surface area contributed by atoms with Gasteiger partial charge < -0.3 is 11.1 Å². The Labute approximate surface area is 172 Å². The highest BCUT2D eigenvalue weighted by Gasteiger charge is 2.29. The number of aryl methyl sites for hydroxylation is 2. The molecule has 3 rings (SSSR count). The van der Waals surface area contributed by atoms with Crippen molar-refractivity contribution in [3.63, 3.8) is 0 Å². The van der Waals surface area contributed by atoms with Crippen molar-refractivity contribution in [1.29, 1.82) is 0 Å². The number of sulfonamides is 1. The molecule has 2 aromatic rings. The second kappa shape index (κ2) is 8.94. The Hall–Kier alpha value is -2.09. The lowest BCUT2D eigenvalue weighted by molar-refractivity contribution is 0.0951. The highest BCUT2D eigenvalue weighted by atomic mass is 35.5. The number of hydrogen-bond acceptors (Lipinski definition) is 4. The highest BCUT2D eigenvalue weighted by molar-refractivity contribution is 7.92. The van der Waals surface area contributed by atoms with Crippen LogP contribution in [0.1, 0.15) is 34.3 Å². The van der Waals surface area contributed by atoms with Gasteiger partial charge in [-0.25, -0.2) is 8.42 Å². The van der Waals surface area contributed by atoms with E-state index < -0.39 is 10.0 Å². The van der Waals surface area contributed by atoms with Gasteiger partial charge in [0.15, 0.2) is 0 Å². The number of rotatable bonds is 7. The average Bonchev–Trinajstić information content (AvgIpc) is 3.46. The summed E-state index contributed by atoms with van der Waals surface area (Å²) < 4.78 is 28.3. The van der Waals surface area contributed by atoms with Gasteiger partial charge in [-0.3, -0.25) is 9.52 Å². The van der Waals surface area contributed by atoms with E-state index in [0.29, 0.717) is 18.0 Å². The number of nitrogens with two attached hydrogens (primary N) is 1. The summed E-state index contributed by atoms with van der Waals surface area (Å²) in [5, 5.41) is 2.81. The fourth-order valence-corrected chi connectivity index (χ4v) is 4.37. The Bertz CT molecular complexity index is 959. The van der Waals surface area contributed by atoms with Gasteiger partial charge in [-0.05, 0) is 61.9 Å². The maximum absolute atomic E-state index is 12.9. The Kier molecular flexibility index (Phi) is 7.09. The first-order valence-electron chi connectivity index (χ1n) is 9.01. The van der Waals surface area contributed by atoms with Crippen LogP contribution in [0, 0.1) is 19.8 Å². The lowest BCUT2D eigenvalue weighted by atomic mass is 10.1. The van der Waals surface area contributed by atoms with Gasteiger partial charge in [0.1, 0.15) is 0 Å². The summed E-state index contributed by atoms with van der Waals surface area (Å²) in [5.74, 6) is 0.133. The Morgan fingerprint density at radius 2 is 1.86 bits per heavy atom. The minimum Gasteiger partial charge on any atom is -0.350 e. The maximum atomic E-state index is 12.9. The van der Waals surface area contributed by atoms with Gasteiger partial charge in [-0.1, -0.05) is 24.3 Å². The summed E-state index contributed by atoms with van der Waals surface area (Å²) in [4.78, 5) is 12.8. The number of carbonyl (C=O) groups is 1. The minimum absolute atomic E-state index is 0. The standard InChI is InChI=1S/C20H25N3O3S.ClH/c1-13-7-8-14(2)19(11-13)27(25,26)23-18-6-4-3-5-16(18)20(24)22-12-17(21)15-9-10-15;/h3-8,11,15,17,23H,9-10,12,21H2,1-2H3,(H,22,24);1H. The molecule has 0 spiro atoms. The SMILES string of the molecule is Cc1ccc(C)c(S(=O)(=O)Nc2ccccc2C(=O)NCC(N)C2CC2)c1.Cl. The van der Waals surface area contributed by atoms with Gasteiger partial charge in [0.2, 0.25) is 0 Å². The smallest absolute Gasteiger partial charge is 0.262 e. The van der Waals surface area contributed by atoms with Gasteiger partial charge in [0.05, 0.1) is 16.1 Å². The van der Waals surface area contributed by atoms with Crippen LogP contribution in [0.5, 0.6) is 0 Å². The summed E-state index contributed by atoms with van der Waals surface area (Å²) in [6.45, 7) is 3.95. The van der Waals surface area contributed by atoms with E-state index in [9.17, 15) is 13.2 Å². The molecule has 2 aromatic carbocycles. The zero-order valence-electron chi connectivity index (χ0n) is 15.9. The van der Waals surface area contributed by atoms with E-state index in [2.05, 4.69) is 10.0 Å². The molecule has 8 heteroatoms. The summed E-state index contributed by atoms with van der Waals surface area (Å²) in [6, 6.07) is 11.7. The Balaban J connectivity index is 0.00000280. The molecular formula is C20H26ClN3O3S. The predicted octanol–water partition coefficient (Wildman–Crippen LogP) is 2.99. The van der Waals surface area contributed by atoms with Crippen molar-refractivity contribution in [1.82, 2.24) is 5.32 Å². The van der Waals surface area contributed by atoms with Crippen LogP contribution in [-0.2, 0) is 10.0 Å². The van der Waals surface area contributed by atoms with E-state index in [4.69, 9.17) is 5.73 Å². The first kappa shape index (κ1) is 22.2. The molecule has 1 aliphatic carbocycles. The van der Waals surface area contributed by atoms with Crippen LogP contribution >= 0.6 is 12.4 Å². The average molecular weight is 424 g/mol. The van der Waals surface area contributed by atoms with Crippen molar-refractivity contribution in [2.45, 2.75) is 37.6 Å². The number of amides is 1. The monoisotopic (exact) mass is 423 g/mol. The van der Waals surface area contributed by atoms with Crippen LogP contribution in [0.15, 0.2) is 47.4 Å². The van der Waals surface area contributed by atoms with Crippen molar-refractivity contribution >= 4 is 34.0 Å². The van der Waals surface area contributed by atoms with E-state index >= 15 is 0 Å². The van der Waals surface area contributed by atoms with E-state index in [1.807, 2.05) is 13.0 Å². The highest BCUT2D eigenvalue weighted by Crippen LogP contribution is 2.31. The third kappa shape index (κ3) is 5.25. The summed E-state index contributed by atoms with van der Waals surface area (Å²) in [6.07, 6.45) is 2.20. The third-order valence-electron chi connectivity index (χ3n) is 4.78. The lowest BCUT2D eigenvalue weighted by Crippen LogP contribution is -2.38. The Morgan fingerprint density at radius 1 is 1.18 bits per heavy atom. The number of nitrogens with one attached hydrogen (secondary N) is 2. The maximum Gasteiger partial charge on any atom is 0.262 e. The first-order valence-corrected chi connectivity index (χ1v) is 10.5. The second-order valence-electron chi connectivity index (χ2n) is 7.13. The minimum atomic E-state index is -3.81. The van der Waals surface area contributed by atoms with Crippen molar-refractivity contribution in [3.05, 3.63) is 59.2 Å². The molecule has 1 unspecified atom stereocenters. The van der Waals surface area contributed by atoms with Crippen LogP contribution in [0.3, 0.4) is 0 Å². The molecule has 1 atom stereocenters. The molecule has 4 N–H and O–H groups in total. The topological polar surface area (TPSA) is 101 Å². The molecule has 1 amide bonds. The van der Waals surface area contributed by atoms with E-state index in [1.54, 1.807) is 43.3 Å². The molecule has 0 saturated heterocycles. The molecule has 28 heavy (non-hydrogen) atoms. The predicted molar refractivity (Wildman–Crippen MR) is 113 cm³/mol. The van der Waals surface area contributed by atoms with Crippen LogP contribution in [0.2, 0.25) is 0 Å². The second-order valence-corrected chi connectivity index (χ2v) is 8.78. The van der Waals surface area contributed by atoms with Gasteiger partial charge in [-0.15, -0.1) is 12.4 Å². The summed E-state index contributed by atoms with van der Waals surface area (Å²) in [7, 11) is -3.81. The van der Waals surface area contributed by atoms with Gasteiger partial charge in [-0.2, -0.15) is 0 Å². The number of carbonyl (C=O) groups excluding carboxylic acids is 1. The first-order chi connectivity index (χ1) is 12.8. The summed E-state index contributed by atoms with van der Waals surface area (Å²) >= 11 is 0. The van der Waals surface area contributed by atoms with Crippen molar-refractivity contribution < 1.29 is 13.2 Å². The van der Waals surface area contributed by atoms with Crippen LogP contribution in [-0.4, -0.2) is 26.9 Å².